The van der Waals surface area contributed by atoms with E-state index >= 15 is 0 Å². The Labute approximate surface area is 137 Å². The fraction of sp³-hybridized carbons (Fsp3) is 0.312. The summed E-state index contributed by atoms with van der Waals surface area (Å²) >= 11 is 3.54. The molecule has 5 nitrogen and oxygen atoms in total. The van der Waals surface area contributed by atoms with E-state index in [0.717, 1.165) is 48.1 Å². The highest BCUT2D eigenvalue weighted by molar-refractivity contribution is 9.10. The van der Waals surface area contributed by atoms with Gasteiger partial charge in [-0.15, -0.1) is 0 Å². The van der Waals surface area contributed by atoms with Crippen molar-refractivity contribution >= 4 is 33.7 Å². The van der Waals surface area contributed by atoms with Gasteiger partial charge in [0.15, 0.2) is 0 Å². The number of morpholine rings is 1. The largest absolute Gasteiger partial charge is 0.497 e. The van der Waals surface area contributed by atoms with Crippen molar-refractivity contribution in [2.24, 2.45) is 4.99 Å². The molecule has 1 aliphatic heterocycles. The lowest BCUT2D eigenvalue weighted by Crippen LogP contribution is -2.36. The van der Waals surface area contributed by atoms with Crippen LogP contribution in [0.3, 0.4) is 0 Å². The summed E-state index contributed by atoms with van der Waals surface area (Å²) in [6.45, 7) is 3.12. The zero-order chi connectivity index (χ0) is 15.4. The number of hydrogen-bond donors (Lipinski definition) is 0. The zero-order valence-corrected chi connectivity index (χ0v) is 13.9. The molecule has 1 fully saturated rings. The molecule has 0 radical (unpaired) electrons. The molecular formula is C16H17BrN2O3. The van der Waals surface area contributed by atoms with E-state index in [1.165, 1.54) is 0 Å². The summed E-state index contributed by atoms with van der Waals surface area (Å²) in [4.78, 5) is 6.58. The van der Waals surface area contributed by atoms with Gasteiger partial charge in [-0.25, -0.2) is 0 Å². The number of nitrogens with zero attached hydrogens (tertiary/aromatic N) is 2. The molecule has 116 valence electrons. The summed E-state index contributed by atoms with van der Waals surface area (Å²) < 4.78 is 17.3. The van der Waals surface area contributed by atoms with Gasteiger partial charge in [0.2, 0.25) is 5.88 Å². The van der Waals surface area contributed by atoms with E-state index in [1.54, 1.807) is 13.3 Å². The molecule has 0 bridgehead atoms. The standard InChI is InChI=1S/C16H17BrN2O3/c1-20-13-4-2-12(3-5-13)18-11-14-10-15(17)16(22-14)19-6-8-21-9-7-19/h2-5,10-11H,6-9H2,1H3. The van der Waals surface area contributed by atoms with Gasteiger partial charge in [-0.2, -0.15) is 0 Å². The van der Waals surface area contributed by atoms with E-state index in [0.29, 0.717) is 5.76 Å². The van der Waals surface area contributed by atoms with Crippen molar-refractivity contribution in [2.45, 2.75) is 0 Å². The predicted octanol–water partition coefficient (Wildman–Crippen LogP) is 3.64. The van der Waals surface area contributed by atoms with Crippen LogP contribution in [-0.4, -0.2) is 39.6 Å². The van der Waals surface area contributed by atoms with E-state index in [1.807, 2.05) is 30.3 Å². The average molecular weight is 365 g/mol. The zero-order valence-electron chi connectivity index (χ0n) is 12.3. The number of methoxy groups -OCH3 is 1. The minimum absolute atomic E-state index is 0.712. The molecular weight excluding hydrogens is 348 g/mol. The molecule has 1 aromatic heterocycles. The fourth-order valence-electron chi connectivity index (χ4n) is 2.23. The molecule has 2 aromatic rings. The number of furan rings is 1. The maximum absolute atomic E-state index is 5.87. The summed E-state index contributed by atoms with van der Waals surface area (Å²) in [5, 5.41) is 0. The van der Waals surface area contributed by atoms with Crippen molar-refractivity contribution in [3.63, 3.8) is 0 Å². The summed E-state index contributed by atoms with van der Waals surface area (Å²) in [6, 6.07) is 9.48. The summed E-state index contributed by atoms with van der Waals surface area (Å²) in [7, 11) is 1.64. The van der Waals surface area contributed by atoms with Crippen LogP contribution in [0, 0.1) is 0 Å². The maximum Gasteiger partial charge on any atom is 0.210 e. The third kappa shape index (κ3) is 3.51. The lowest BCUT2D eigenvalue weighted by molar-refractivity contribution is 0.120. The number of hydrogen-bond acceptors (Lipinski definition) is 5. The van der Waals surface area contributed by atoms with Gasteiger partial charge in [0, 0.05) is 19.2 Å². The smallest absolute Gasteiger partial charge is 0.210 e. The van der Waals surface area contributed by atoms with Gasteiger partial charge in [0.1, 0.15) is 11.5 Å². The third-order valence-corrected chi connectivity index (χ3v) is 3.97. The third-order valence-electron chi connectivity index (χ3n) is 3.40. The van der Waals surface area contributed by atoms with Gasteiger partial charge in [-0.3, -0.25) is 4.99 Å². The number of rotatable bonds is 4. The van der Waals surface area contributed by atoms with Crippen molar-refractivity contribution in [3.05, 3.63) is 40.6 Å². The Morgan fingerprint density at radius 3 is 2.64 bits per heavy atom. The van der Waals surface area contributed by atoms with Gasteiger partial charge in [-0.05, 0) is 40.2 Å². The first kappa shape index (κ1) is 15.1. The van der Waals surface area contributed by atoms with E-state index < -0.39 is 0 Å². The molecule has 1 aliphatic rings. The van der Waals surface area contributed by atoms with Crippen LogP contribution in [0.25, 0.3) is 0 Å². The second kappa shape index (κ2) is 6.98. The summed E-state index contributed by atoms with van der Waals surface area (Å²) in [5.74, 6) is 2.36. The van der Waals surface area contributed by atoms with Crippen molar-refractivity contribution < 1.29 is 13.9 Å². The highest BCUT2D eigenvalue weighted by atomic mass is 79.9. The normalized spacial score (nSPS) is 15.5. The second-order valence-corrected chi connectivity index (χ2v) is 5.71. The molecule has 0 unspecified atom stereocenters. The van der Waals surface area contributed by atoms with E-state index in [9.17, 15) is 0 Å². The van der Waals surface area contributed by atoms with Crippen molar-refractivity contribution in [1.29, 1.82) is 0 Å². The molecule has 1 aromatic carbocycles. The Balaban J connectivity index is 1.73. The summed E-state index contributed by atoms with van der Waals surface area (Å²) in [6.07, 6.45) is 1.72. The van der Waals surface area contributed by atoms with E-state index in [2.05, 4.69) is 25.8 Å². The topological polar surface area (TPSA) is 47.2 Å². The number of anilines is 1. The summed E-state index contributed by atoms with van der Waals surface area (Å²) in [5.41, 5.74) is 0.848. The molecule has 0 aliphatic carbocycles. The van der Waals surface area contributed by atoms with Crippen LogP contribution < -0.4 is 9.64 Å². The van der Waals surface area contributed by atoms with Crippen LogP contribution in [0.1, 0.15) is 5.76 Å². The van der Waals surface area contributed by atoms with Gasteiger partial charge in [-0.1, -0.05) is 0 Å². The Bertz CT molecular complexity index is 646. The number of ether oxygens (including phenoxy) is 2. The number of benzene rings is 1. The molecule has 0 saturated carbocycles. The van der Waals surface area contributed by atoms with Crippen LogP contribution in [0.4, 0.5) is 11.6 Å². The number of halogens is 1. The molecule has 3 rings (SSSR count). The minimum atomic E-state index is 0.712. The second-order valence-electron chi connectivity index (χ2n) is 4.86. The average Bonchev–Trinajstić information content (AvgIpc) is 2.95. The SMILES string of the molecule is COc1ccc(N=Cc2cc(Br)c(N3CCOCC3)o2)cc1. The maximum atomic E-state index is 5.87. The molecule has 22 heavy (non-hydrogen) atoms. The molecule has 0 atom stereocenters. The van der Waals surface area contributed by atoms with E-state index in [4.69, 9.17) is 13.9 Å². The van der Waals surface area contributed by atoms with E-state index in [-0.39, 0.29) is 0 Å². The lowest BCUT2D eigenvalue weighted by atomic mass is 10.3. The van der Waals surface area contributed by atoms with Gasteiger partial charge in [0.25, 0.3) is 0 Å². The van der Waals surface area contributed by atoms with Gasteiger partial charge < -0.3 is 18.8 Å². The Morgan fingerprint density at radius 1 is 1.23 bits per heavy atom. The van der Waals surface area contributed by atoms with Crippen molar-refractivity contribution in [2.75, 3.05) is 38.3 Å². The van der Waals surface area contributed by atoms with Crippen LogP contribution in [0.2, 0.25) is 0 Å². The monoisotopic (exact) mass is 364 g/mol. The van der Waals surface area contributed by atoms with Gasteiger partial charge >= 0.3 is 0 Å². The Morgan fingerprint density at radius 2 is 1.95 bits per heavy atom. The predicted molar refractivity (Wildman–Crippen MR) is 89.7 cm³/mol. The molecule has 1 saturated heterocycles. The minimum Gasteiger partial charge on any atom is -0.497 e. The first-order valence-corrected chi connectivity index (χ1v) is 7.86. The van der Waals surface area contributed by atoms with Crippen LogP contribution in [-0.2, 0) is 4.74 Å². The Hall–Kier alpha value is -1.79. The van der Waals surface area contributed by atoms with Crippen LogP contribution in [0.15, 0.2) is 44.2 Å². The Kier molecular flexibility index (Phi) is 4.80. The highest BCUT2D eigenvalue weighted by Gasteiger charge is 2.18. The number of aliphatic imine (C=N–C) groups is 1. The lowest BCUT2D eigenvalue weighted by Gasteiger charge is -2.26. The fourth-order valence-corrected chi connectivity index (χ4v) is 2.79. The molecule has 2 heterocycles. The molecule has 6 heteroatoms. The van der Waals surface area contributed by atoms with Gasteiger partial charge in [0.05, 0.1) is 36.7 Å². The van der Waals surface area contributed by atoms with Crippen LogP contribution in [0.5, 0.6) is 5.75 Å². The van der Waals surface area contributed by atoms with Crippen molar-refractivity contribution in [3.8, 4) is 5.75 Å². The highest BCUT2D eigenvalue weighted by Crippen LogP contribution is 2.30. The molecule has 0 amide bonds. The quantitative estimate of drug-likeness (QED) is 0.777. The van der Waals surface area contributed by atoms with Crippen LogP contribution >= 0.6 is 15.9 Å². The first-order chi connectivity index (χ1) is 10.8. The first-order valence-electron chi connectivity index (χ1n) is 7.06. The molecule has 0 spiro atoms. The molecule has 0 N–H and O–H groups in total. The van der Waals surface area contributed by atoms with Crippen molar-refractivity contribution in [1.82, 2.24) is 0 Å².